The average Bonchev–Trinajstić information content (AvgIpc) is 2.22. The molecule has 1 aliphatic heterocycles. The normalized spacial score (nSPS) is 14.2. The molecule has 13 heavy (non-hydrogen) atoms. The largest absolute Gasteiger partial charge is 0.374 e. The number of aryl methyl sites for hydroxylation is 1. The Kier molecular flexibility index (Phi) is 3.81. The number of para-hydroxylation sites is 1. The summed E-state index contributed by atoms with van der Waals surface area (Å²) in [7, 11) is 2.16. The highest BCUT2D eigenvalue weighted by Crippen LogP contribution is 2.24. The van der Waals surface area contributed by atoms with Gasteiger partial charge < -0.3 is 4.90 Å². The molecule has 0 unspecified atom stereocenters. The van der Waals surface area contributed by atoms with Crippen LogP contribution < -0.4 is 4.90 Å². The fourth-order valence-electron chi connectivity index (χ4n) is 1.72. The van der Waals surface area contributed by atoms with Crippen LogP contribution in [0.2, 0.25) is 0 Å². The number of hydrogen-bond donors (Lipinski definition) is 0. The van der Waals surface area contributed by atoms with Crippen molar-refractivity contribution in [3.63, 3.8) is 0 Å². The molecule has 2 rings (SSSR count). The zero-order valence-electron chi connectivity index (χ0n) is 8.88. The molecule has 0 aliphatic carbocycles. The molecule has 1 heteroatoms. The molecule has 1 aromatic carbocycles. The van der Waals surface area contributed by atoms with Gasteiger partial charge in [-0.2, -0.15) is 0 Å². The third kappa shape index (κ3) is 2.24. The molecule has 1 heterocycles. The molecule has 0 N–H and O–H groups in total. The van der Waals surface area contributed by atoms with Crippen molar-refractivity contribution in [2.75, 3.05) is 18.5 Å². The van der Waals surface area contributed by atoms with Crippen LogP contribution in [-0.4, -0.2) is 13.6 Å². The Labute approximate surface area is 81.4 Å². The summed E-state index contributed by atoms with van der Waals surface area (Å²) in [6.45, 7) is 5.21. The molecular formula is C12H19N. The van der Waals surface area contributed by atoms with E-state index in [2.05, 4.69) is 36.2 Å². The van der Waals surface area contributed by atoms with Crippen LogP contribution in [0, 0.1) is 0 Å². The number of rotatable bonds is 0. The summed E-state index contributed by atoms with van der Waals surface area (Å²) in [5.41, 5.74) is 2.92. The van der Waals surface area contributed by atoms with Crippen molar-refractivity contribution in [3.05, 3.63) is 29.8 Å². The molecule has 1 aliphatic rings. The van der Waals surface area contributed by atoms with Gasteiger partial charge in [-0.25, -0.2) is 0 Å². The lowest BCUT2D eigenvalue weighted by atomic mass is 10.0. The van der Waals surface area contributed by atoms with Gasteiger partial charge in [0.25, 0.3) is 0 Å². The molecule has 0 saturated heterocycles. The zero-order chi connectivity index (χ0) is 9.68. The summed E-state index contributed by atoms with van der Waals surface area (Å²) in [5, 5.41) is 0. The number of hydrogen-bond acceptors (Lipinski definition) is 1. The Morgan fingerprint density at radius 1 is 1.15 bits per heavy atom. The number of nitrogens with zero attached hydrogens (tertiary/aromatic N) is 1. The maximum Gasteiger partial charge on any atom is 0.0396 e. The van der Waals surface area contributed by atoms with Crippen LogP contribution in [-0.2, 0) is 6.42 Å². The first-order valence-corrected chi connectivity index (χ1v) is 5.17. The third-order valence-electron chi connectivity index (χ3n) is 2.34. The van der Waals surface area contributed by atoms with Crippen molar-refractivity contribution in [2.24, 2.45) is 0 Å². The molecule has 0 amide bonds. The molecule has 0 aromatic heterocycles. The van der Waals surface area contributed by atoms with Crippen LogP contribution in [0.25, 0.3) is 0 Å². The summed E-state index contributed by atoms with van der Waals surface area (Å²) in [6.07, 6.45) is 2.55. The topological polar surface area (TPSA) is 3.24 Å². The Balaban J connectivity index is 0.000000396. The summed E-state index contributed by atoms with van der Waals surface area (Å²) < 4.78 is 0. The van der Waals surface area contributed by atoms with Crippen LogP contribution in [0.3, 0.4) is 0 Å². The molecule has 0 fully saturated rings. The smallest absolute Gasteiger partial charge is 0.0396 e. The van der Waals surface area contributed by atoms with E-state index in [9.17, 15) is 0 Å². The standard InChI is InChI=1S/C10H13N.C2H6/c1-11-8-4-6-9-5-2-3-7-10(9)11;1-2/h2-3,5,7H,4,6,8H2,1H3;1-2H3. The van der Waals surface area contributed by atoms with Gasteiger partial charge in [-0.3, -0.25) is 0 Å². The van der Waals surface area contributed by atoms with Gasteiger partial charge in [-0.05, 0) is 24.5 Å². The molecular weight excluding hydrogens is 158 g/mol. The summed E-state index contributed by atoms with van der Waals surface area (Å²) in [4.78, 5) is 2.33. The Morgan fingerprint density at radius 2 is 1.85 bits per heavy atom. The maximum absolute atomic E-state index is 2.33. The van der Waals surface area contributed by atoms with Crippen LogP contribution in [0.4, 0.5) is 5.69 Å². The highest BCUT2D eigenvalue weighted by atomic mass is 15.1. The van der Waals surface area contributed by atoms with Gasteiger partial charge in [0, 0.05) is 19.3 Å². The number of benzene rings is 1. The minimum absolute atomic E-state index is 1.21. The van der Waals surface area contributed by atoms with E-state index in [0.717, 1.165) is 0 Å². The van der Waals surface area contributed by atoms with E-state index in [0.29, 0.717) is 0 Å². The van der Waals surface area contributed by atoms with Gasteiger partial charge in [-0.15, -0.1) is 0 Å². The monoisotopic (exact) mass is 177 g/mol. The summed E-state index contributed by atoms with van der Waals surface area (Å²) in [5.74, 6) is 0. The van der Waals surface area contributed by atoms with Gasteiger partial charge in [0.2, 0.25) is 0 Å². The zero-order valence-corrected chi connectivity index (χ0v) is 8.88. The highest BCUT2D eigenvalue weighted by Gasteiger charge is 2.11. The van der Waals surface area contributed by atoms with Crippen molar-refractivity contribution in [1.29, 1.82) is 0 Å². The SMILES string of the molecule is CC.CN1CCCc2ccccc21. The van der Waals surface area contributed by atoms with Crippen molar-refractivity contribution in [1.82, 2.24) is 0 Å². The molecule has 72 valence electrons. The lowest BCUT2D eigenvalue weighted by Crippen LogP contribution is -2.24. The quantitative estimate of drug-likeness (QED) is 0.588. The molecule has 1 nitrogen and oxygen atoms in total. The van der Waals surface area contributed by atoms with E-state index < -0.39 is 0 Å². The predicted octanol–water partition coefficient (Wildman–Crippen LogP) is 3.10. The van der Waals surface area contributed by atoms with E-state index in [-0.39, 0.29) is 0 Å². The average molecular weight is 177 g/mol. The van der Waals surface area contributed by atoms with E-state index in [1.165, 1.54) is 30.6 Å². The first kappa shape index (κ1) is 10.1. The van der Waals surface area contributed by atoms with E-state index in [1.807, 2.05) is 13.8 Å². The minimum atomic E-state index is 1.21. The first-order valence-electron chi connectivity index (χ1n) is 5.17. The van der Waals surface area contributed by atoms with Gasteiger partial charge in [0.05, 0.1) is 0 Å². The third-order valence-corrected chi connectivity index (χ3v) is 2.34. The second-order valence-electron chi connectivity index (χ2n) is 3.15. The minimum Gasteiger partial charge on any atom is -0.374 e. The molecule has 0 spiro atoms. The maximum atomic E-state index is 2.33. The number of fused-ring (bicyclic) bond motifs is 1. The van der Waals surface area contributed by atoms with Crippen LogP contribution in [0.1, 0.15) is 25.8 Å². The van der Waals surface area contributed by atoms with E-state index in [4.69, 9.17) is 0 Å². The second-order valence-corrected chi connectivity index (χ2v) is 3.15. The summed E-state index contributed by atoms with van der Waals surface area (Å²) >= 11 is 0. The Bertz CT molecular complexity index is 255. The molecule has 1 aromatic rings. The molecule has 0 atom stereocenters. The van der Waals surface area contributed by atoms with E-state index in [1.54, 1.807) is 0 Å². The van der Waals surface area contributed by atoms with Gasteiger partial charge >= 0.3 is 0 Å². The van der Waals surface area contributed by atoms with Crippen molar-refractivity contribution < 1.29 is 0 Å². The van der Waals surface area contributed by atoms with Crippen molar-refractivity contribution in [3.8, 4) is 0 Å². The lowest BCUT2D eigenvalue weighted by molar-refractivity contribution is 0.744. The van der Waals surface area contributed by atoms with Crippen LogP contribution >= 0.6 is 0 Å². The second kappa shape index (κ2) is 4.90. The lowest BCUT2D eigenvalue weighted by Gasteiger charge is -2.26. The highest BCUT2D eigenvalue weighted by molar-refractivity contribution is 5.54. The Morgan fingerprint density at radius 3 is 2.54 bits per heavy atom. The van der Waals surface area contributed by atoms with Crippen LogP contribution in [0.15, 0.2) is 24.3 Å². The fourth-order valence-corrected chi connectivity index (χ4v) is 1.72. The van der Waals surface area contributed by atoms with Crippen LogP contribution in [0.5, 0.6) is 0 Å². The predicted molar refractivity (Wildman–Crippen MR) is 59.4 cm³/mol. The van der Waals surface area contributed by atoms with Crippen molar-refractivity contribution >= 4 is 5.69 Å². The fraction of sp³-hybridized carbons (Fsp3) is 0.500. The van der Waals surface area contributed by atoms with Gasteiger partial charge in [0.15, 0.2) is 0 Å². The van der Waals surface area contributed by atoms with Crippen molar-refractivity contribution in [2.45, 2.75) is 26.7 Å². The van der Waals surface area contributed by atoms with Gasteiger partial charge in [0.1, 0.15) is 0 Å². The first-order chi connectivity index (χ1) is 6.38. The van der Waals surface area contributed by atoms with Gasteiger partial charge in [-0.1, -0.05) is 32.0 Å². The molecule has 0 bridgehead atoms. The Hall–Kier alpha value is -0.980. The van der Waals surface area contributed by atoms with E-state index >= 15 is 0 Å². The summed E-state index contributed by atoms with van der Waals surface area (Å²) in [6, 6.07) is 8.66. The number of anilines is 1. The molecule has 0 saturated carbocycles. The molecule has 0 radical (unpaired) electrons.